The number of ether oxygens (including phenoxy) is 1. The second-order valence-electron chi connectivity index (χ2n) is 4.83. The van der Waals surface area contributed by atoms with Crippen molar-refractivity contribution in [3.05, 3.63) is 29.3 Å². The molecule has 0 atom stereocenters. The molecule has 1 fully saturated rings. The van der Waals surface area contributed by atoms with Crippen LogP contribution in [0, 0.1) is 11.3 Å². The minimum atomic E-state index is -0.518. The number of hydrogen-bond acceptors (Lipinski definition) is 5. The van der Waals surface area contributed by atoms with Crippen molar-refractivity contribution in [3.63, 3.8) is 0 Å². The SMILES string of the molecule is COC(=O)c1cc(N2CCN(C(C)=O)CC2)ccc1C#N. The summed E-state index contributed by atoms with van der Waals surface area (Å²) < 4.78 is 4.71. The highest BCUT2D eigenvalue weighted by Crippen LogP contribution is 2.21. The zero-order valence-corrected chi connectivity index (χ0v) is 12.1. The summed E-state index contributed by atoms with van der Waals surface area (Å²) in [5.74, 6) is -0.444. The molecule has 1 heterocycles. The highest BCUT2D eigenvalue weighted by molar-refractivity contribution is 5.93. The maximum atomic E-state index is 11.7. The van der Waals surface area contributed by atoms with Gasteiger partial charge in [-0.2, -0.15) is 5.26 Å². The first-order valence-electron chi connectivity index (χ1n) is 6.69. The highest BCUT2D eigenvalue weighted by Gasteiger charge is 2.20. The molecule has 1 aliphatic rings. The molecule has 6 heteroatoms. The number of esters is 1. The second kappa shape index (κ2) is 6.27. The summed E-state index contributed by atoms with van der Waals surface area (Å²) in [6, 6.07) is 7.10. The van der Waals surface area contributed by atoms with Crippen LogP contribution in [0.3, 0.4) is 0 Å². The minimum absolute atomic E-state index is 0.0738. The monoisotopic (exact) mass is 287 g/mol. The van der Waals surface area contributed by atoms with Crippen LogP contribution in [0.4, 0.5) is 5.69 Å². The standard InChI is InChI=1S/C15H17N3O3/c1-11(19)17-5-7-18(8-6-17)13-4-3-12(10-16)14(9-13)15(20)21-2/h3-4,9H,5-8H2,1-2H3. The summed E-state index contributed by atoms with van der Waals surface area (Å²) in [5, 5.41) is 9.04. The average molecular weight is 287 g/mol. The van der Waals surface area contributed by atoms with Crippen LogP contribution in [-0.2, 0) is 9.53 Å². The number of hydrogen-bond donors (Lipinski definition) is 0. The molecule has 0 saturated carbocycles. The van der Waals surface area contributed by atoms with E-state index in [1.807, 2.05) is 12.1 Å². The molecule has 1 aliphatic heterocycles. The van der Waals surface area contributed by atoms with Gasteiger partial charge in [-0.15, -0.1) is 0 Å². The fourth-order valence-corrected chi connectivity index (χ4v) is 2.38. The Kier molecular flexibility index (Phi) is 4.43. The van der Waals surface area contributed by atoms with E-state index in [4.69, 9.17) is 10.00 Å². The third kappa shape index (κ3) is 3.14. The molecule has 0 spiro atoms. The number of nitriles is 1. The van der Waals surface area contributed by atoms with Crippen molar-refractivity contribution in [2.24, 2.45) is 0 Å². The van der Waals surface area contributed by atoms with Gasteiger partial charge in [-0.3, -0.25) is 4.79 Å². The Morgan fingerprint density at radius 1 is 1.24 bits per heavy atom. The molecular weight excluding hydrogens is 270 g/mol. The fraction of sp³-hybridized carbons (Fsp3) is 0.400. The average Bonchev–Trinajstić information content (AvgIpc) is 2.53. The maximum Gasteiger partial charge on any atom is 0.339 e. The van der Waals surface area contributed by atoms with Gasteiger partial charge in [-0.1, -0.05) is 0 Å². The van der Waals surface area contributed by atoms with Gasteiger partial charge in [-0.25, -0.2) is 4.79 Å². The van der Waals surface area contributed by atoms with Gasteiger partial charge in [0, 0.05) is 38.8 Å². The predicted octanol–water partition coefficient (Wildman–Crippen LogP) is 1.01. The Bertz CT molecular complexity index is 599. The Labute approximate surface area is 123 Å². The number of rotatable bonds is 2. The number of nitrogens with zero attached hydrogens (tertiary/aromatic N) is 3. The summed E-state index contributed by atoms with van der Waals surface area (Å²) in [4.78, 5) is 26.9. The van der Waals surface area contributed by atoms with E-state index in [9.17, 15) is 9.59 Å². The van der Waals surface area contributed by atoms with Gasteiger partial charge in [0.15, 0.2) is 0 Å². The van der Waals surface area contributed by atoms with Crippen LogP contribution in [0.15, 0.2) is 18.2 Å². The number of anilines is 1. The van der Waals surface area contributed by atoms with Crippen LogP contribution in [0.25, 0.3) is 0 Å². The van der Waals surface area contributed by atoms with Crippen molar-refractivity contribution in [3.8, 4) is 6.07 Å². The third-order valence-corrected chi connectivity index (χ3v) is 3.62. The molecule has 6 nitrogen and oxygen atoms in total. The lowest BCUT2D eigenvalue weighted by Crippen LogP contribution is -2.48. The molecular formula is C15H17N3O3. The molecule has 0 aromatic heterocycles. The van der Waals surface area contributed by atoms with Gasteiger partial charge in [0.1, 0.15) is 6.07 Å². The van der Waals surface area contributed by atoms with Crippen molar-refractivity contribution >= 4 is 17.6 Å². The normalized spacial score (nSPS) is 14.5. The first kappa shape index (κ1) is 14.9. The Morgan fingerprint density at radius 3 is 2.43 bits per heavy atom. The fourth-order valence-electron chi connectivity index (χ4n) is 2.38. The topological polar surface area (TPSA) is 73.6 Å². The largest absolute Gasteiger partial charge is 0.465 e. The number of benzene rings is 1. The summed E-state index contributed by atoms with van der Waals surface area (Å²) in [5.41, 5.74) is 1.43. The van der Waals surface area contributed by atoms with Crippen LogP contribution in [-0.4, -0.2) is 50.1 Å². The van der Waals surface area contributed by atoms with Crippen molar-refractivity contribution in [2.75, 3.05) is 38.2 Å². The number of methoxy groups -OCH3 is 1. The van der Waals surface area contributed by atoms with Crippen LogP contribution in [0.1, 0.15) is 22.8 Å². The molecule has 1 aromatic rings. The molecule has 0 radical (unpaired) electrons. The van der Waals surface area contributed by atoms with Crippen LogP contribution < -0.4 is 4.90 Å². The molecule has 0 aliphatic carbocycles. The number of amides is 1. The lowest BCUT2D eigenvalue weighted by molar-refractivity contribution is -0.129. The Hall–Kier alpha value is -2.55. The van der Waals surface area contributed by atoms with E-state index < -0.39 is 5.97 Å². The lowest BCUT2D eigenvalue weighted by Gasteiger charge is -2.35. The minimum Gasteiger partial charge on any atom is -0.465 e. The van der Waals surface area contributed by atoms with E-state index in [1.54, 1.807) is 24.0 Å². The smallest absolute Gasteiger partial charge is 0.339 e. The maximum absolute atomic E-state index is 11.7. The van der Waals surface area contributed by atoms with Gasteiger partial charge in [0.05, 0.1) is 18.2 Å². The number of carbonyl (C=O) groups excluding carboxylic acids is 2. The van der Waals surface area contributed by atoms with Crippen molar-refractivity contribution in [1.82, 2.24) is 4.90 Å². The van der Waals surface area contributed by atoms with E-state index in [1.165, 1.54) is 7.11 Å². The highest BCUT2D eigenvalue weighted by atomic mass is 16.5. The predicted molar refractivity (Wildman–Crippen MR) is 77.0 cm³/mol. The lowest BCUT2D eigenvalue weighted by atomic mass is 10.1. The van der Waals surface area contributed by atoms with Gasteiger partial charge in [-0.05, 0) is 18.2 Å². The zero-order valence-electron chi connectivity index (χ0n) is 12.1. The number of piperazine rings is 1. The molecule has 110 valence electrons. The zero-order chi connectivity index (χ0) is 15.4. The number of carbonyl (C=O) groups is 2. The van der Waals surface area contributed by atoms with Gasteiger partial charge >= 0.3 is 5.97 Å². The quantitative estimate of drug-likeness (QED) is 0.759. The summed E-state index contributed by atoms with van der Waals surface area (Å²) in [6.45, 7) is 4.27. The molecule has 0 bridgehead atoms. The van der Waals surface area contributed by atoms with E-state index >= 15 is 0 Å². The molecule has 21 heavy (non-hydrogen) atoms. The van der Waals surface area contributed by atoms with Crippen LogP contribution >= 0.6 is 0 Å². The van der Waals surface area contributed by atoms with E-state index in [0.29, 0.717) is 31.7 Å². The molecule has 0 unspecified atom stereocenters. The Balaban J connectivity index is 2.20. The summed E-state index contributed by atoms with van der Waals surface area (Å²) in [6.07, 6.45) is 0. The third-order valence-electron chi connectivity index (χ3n) is 3.62. The van der Waals surface area contributed by atoms with Gasteiger partial charge < -0.3 is 14.5 Å². The molecule has 0 N–H and O–H groups in total. The van der Waals surface area contributed by atoms with Gasteiger partial charge in [0.25, 0.3) is 0 Å². The van der Waals surface area contributed by atoms with E-state index in [0.717, 1.165) is 5.69 Å². The van der Waals surface area contributed by atoms with Crippen molar-refractivity contribution in [1.29, 1.82) is 5.26 Å². The second-order valence-corrected chi connectivity index (χ2v) is 4.83. The first-order valence-corrected chi connectivity index (χ1v) is 6.69. The van der Waals surface area contributed by atoms with Crippen molar-refractivity contribution in [2.45, 2.75) is 6.92 Å². The van der Waals surface area contributed by atoms with Crippen LogP contribution in [0.5, 0.6) is 0 Å². The van der Waals surface area contributed by atoms with E-state index in [-0.39, 0.29) is 11.5 Å². The molecule has 1 amide bonds. The molecule has 2 rings (SSSR count). The molecule has 1 aromatic carbocycles. The Morgan fingerprint density at radius 2 is 1.90 bits per heavy atom. The van der Waals surface area contributed by atoms with Crippen molar-refractivity contribution < 1.29 is 14.3 Å². The van der Waals surface area contributed by atoms with E-state index in [2.05, 4.69) is 4.90 Å². The van der Waals surface area contributed by atoms with Crippen LogP contribution in [0.2, 0.25) is 0 Å². The first-order chi connectivity index (χ1) is 10.1. The molecule has 1 saturated heterocycles. The van der Waals surface area contributed by atoms with Gasteiger partial charge in [0.2, 0.25) is 5.91 Å². The summed E-state index contributed by atoms with van der Waals surface area (Å²) in [7, 11) is 1.29. The summed E-state index contributed by atoms with van der Waals surface area (Å²) >= 11 is 0.